The van der Waals surface area contributed by atoms with Crippen LogP contribution >= 0.6 is 11.3 Å². The Morgan fingerprint density at radius 3 is 2.87 bits per heavy atom. The minimum Gasteiger partial charge on any atom is -0.486 e. The van der Waals surface area contributed by atoms with E-state index < -0.39 is 0 Å². The van der Waals surface area contributed by atoms with Crippen molar-refractivity contribution in [1.82, 2.24) is 14.8 Å². The lowest BCUT2D eigenvalue weighted by Gasteiger charge is -2.30. The maximum atomic E-state index is 13.2. The van der Waals surface area contributed by atoms with Gasteiger partial charge in [-0.25, -0.2) is 4.98 Å². The summed E-state index contributed by atoms with van der Waals surface area (Å²) in [5, 5.41) is 1.04. The number of amides is 1. The summed E-state index contributed by atoms with van der Waals surface area (Å²) < 4.78 is 12.6. The average molecular weight is 438 g/mol. The highest BCUT2D eigenvalue weighted by atomic mass is 32.1. The standard InChI is InChI=1S/C24H27N3O3S/c1-16(24-25-18-6-3-4-8-22(18)31-24)26(2)15-23(28)27-11-5-7-19(27)17-9-10-20-21(14-17)30-13-12-29-20/h3-4,6,8-10,14,16,19H,5,7,11-13,15H2,1-2H3/t16-,19-/m1/s1. The van der Waals surface area contributed by atoms with E-state index in [0.717, 1.165) is 47.0 Å². The molecule has 2 aliphatic rings. The molecule has 3 heterocycles. The summed E-state index contributed by atoms with van der Waals surface area (Å²) in [6, 6.07) is 14.4. The maximum Gasteiger partial charge on any atom is 0.237 e. The molecule has 0 saturated carbocycles. The topological polar surface area (TPSA) is 54.9 Å². The SMILES string of the molecule is C[C@H](c1nc2ccccc2s1)N(C)CC(=O)N1CCC[C@@H]1c1ccc2c(c1)OCCO2. The molecule has 7 heteroatoms. The quantitative estimate of drug-likeness (QED) is 0.591. The molecule has 6 nitrogen and oxygen atoms in total. The first-order chi connectivity index (χ1) is 15.1. The second kappa shape index (κ2) is 8.48. The molecule has 0 unspecified atom stereocenters. The summed E-state index contributed by atoms with van der Waals surface area (Å²) >= 11 is 1.70. The van der Waals surface area contributed by atoms with Crippen LogP contribution in [0.15, 0.2) is 42.5 Å². The van der Waals surface area contributed by atoms with Gasteiger partial charge in [-0.15, -0.1) is 11.3 Å². The number of ether oxygens (including phenoxy) is 2. The number of carbonyl (C=O) groups is 1. The minimum atomic E-state index is 0.0803. The van der Waals surface area contributed by atoms with Gasteiger partial charge in [0, 0.05) is 6.54 Å². The zero-order valence-electron chi connectivity index (χ0n) is 17.9. The van der Waals surface area contributed by atoms with Crippen molar-refractivity contribution in [1.29, 1.82) is 0 Å². The highest BCUT2D eigenvalue weighted by Gasteiger charge is 2.32. The number of hydrogen-bond donors (Lipinski definition) is 0. The number of fused-ring (bicyclic) bond motifs is 2. The Hall–Kier alpha value is -2.64. The van der Waals surface area contributed by atoms with Gasteiger partial charge in [-0.05, 0) is 56.6 Å². The molecule has 2 aromatic carbocycles. The third-order valence-electron chi connectivity index (χ3n) is 6.24. The minimum absolute atomic E-state index is 0.0803. The number of thiazole rings is 1. The van der Waals surface area contributed by atoms with Crippen molar-refractivity contribution >= 4 is 27.5 Å². The molecule has 0 bridgehead atoms. The number of carbonyl (C=O) groups excluding carboxylic acids is 1. The largest absolute Gasteiger partial charge is 0.486 e. The van der Waals surface area contributed by atoms with E-state index in [2.05, 4.69) is 24.0 Å². The van der Waals surface area contributed by atoms with Crippen LogP contribution in [0, 0.1) is 0 Å². The van der Waals surface area contributed by atoms with E-state index in [4.69, 9.17) is 14.5 Å². The summed E-state index contributed by atoms with van der Waals surface area (Å²) in [5.41, 5.74) is 2.14. The molecule has 162 valence electrons. The molecule has 5 rings (SSSR count). The molecule has 31 heavy (non-hydrogen) atoms. The molecule has 2 aliphatic heterocycles. The van der Waals surface area contributed by atoms with Gasteiger partial charge < -0.3 is 14.4 Å². The van der Waals surface area contributed by atoms with Gasteiger partial charge in [-0.3, -0.25) is 9.69 Å². The zero-order valence-corrected chi connectivity index (χ0v) is 18.7. The van der Waals surface area contributed by atoms with E-state index in [0.29, 0.717) is 19.8 Å². The Balaban J connectivity index is 1.28. The number of likely N-dealkylation sites (tertiary alicyclic amines) is 1. The molecule has 1 aromatic heterocycles. The van der Waals surface area contributed by atoms with Gasteiger partial charge in [0.15, 0.2) is 11.5 Å². The Morgan fingerprint density at radius 1 is 1.23 bits per heavy atom. The first-order valence-electron chi connectivity index (χ1n) is 10.8. The van der Waals surface area contributed by atoms with Crippen molar-refractivity contribution in [3.63, 3.8) is 0 Å². The smallest absolute Gasteiger partial charge is 0.237 e. The van der Waals surface area contributed by atoms with E-state index in [-0.39, 0.29) is 18.0 Å². The number of hydrogen-bond acceptors (Lipinski definition) is 6. The zero-order chi connectivity index (χ0) is 21.4. The molecule has 1 fully saturated rings. The van der Waals surface area contributed by atoms with Crippen molar-refractivity contribution < 1.29 is 14.3 Å². The fourth-order valence-electron chi connectivity index (χ4n) is 4.38. The molecule has 0 aliphatic carbocycles. The Morgan fingerprint density at radius 2 is 2.03 bits per heavy atom. The monoisotopic (exact) mass is 437 g/mol. The molecular formula is C24H27N3O3S. The van der Waals surface area contributed by atoms with Crippen molar-refractivity contribution in [2.75, 3.05) is 33.4 Å². The number of benzene rings is 2. The second-order valence-electron chi connectivity index (χ2n) is 8.26. The summed E-state index contributed by atoms with van der Waals surface area (Å²) in [6.07, 6.45) is 1.99. The van der Waals surface area contributed by atoms with Crippen LogP contribution in [0.25, 0.3) is 10.2 Å². The highest BCUT2D eigenvalue weighted by molar-refractivity contribution is 7.18. The molecular weight excluding hydrogens is 410 g/mol. The third-order valence-corrected chi connectivity index (χ3v) is 7.44. The van der Waals surface area contributed by atoms with Crippen molar-refractivity contribution in [2.45, 2.75) is 31.8 Å². The predicted molar refractivity (Wildman–Crippen MR) is 122 cm³/mol. The highest BCUT2D eigenvalue weighted by Crippen LogP contribution is 2.38. The van der Waals surface area contributed by atoms with Crippen LogP contribution < -0.4 is 9.47 Å². The third kappa shape index (κ3) is 4.00. The summed E-state index contributed by atoms with van der Waals surface area (Å²) in [5.74, 6) is 1.73. The van der Waals surface area contributed by atoms with Gasteiger partial charge in [0.25, 0.3) is 0 Å². The summed E-state index contributed by atoms with van der Waals surface area (Å²) in [6.45, 7) is 4.44. The Bertz CT molecular complexity index is 1070. The van der Waals surface area contributed by atoms with Crippen LogP contribution in [0.2, 0.25) is 0 Å². The van der Waals surface area contributed by atoms with Gasteiger partial charge in [-0.1, -0.05) is 18.2 Å². The van der Waals surface area contributed by atoms with E-state index in [9.17, 15) is 4.79 Å². The number of nitrogens with zero attached hydrogens (tertiary/aromatic N) is 3. The number of rotatable bonds is 5. The average Bonchev–Trinajstić information content (AvgIpc) is 3.45. The Kier molecular flexibility index (Phi) is 5.54. The first-order valence-corrected chi connectivity index (χ1v) is 11.7. The summed E-state index contributed by atoms with van der Waals surface area (Å²) in [4.78, 5) is 22.1. The number of aromatic nitrogens is 1. The van der Waals surface area contributed by atoms with E-state index in [1.807, 2.05) is 42.3 Å². The predicted octanol–water partition coefficient (Wildman–Crippen LogP) is 4.42. The van der Waals surface area contributed by atoms with Crippen LogP contribution in [0.4, 0.5) is 0 Å². The fourth-order valence-corrected chi connectivity index (χ4v) is 5.46. The Labute approximate surface area is 186 Å². The molecule has 1 amide bonds. The second-order valence-corrected chi connectivity index (χ2v) is 9.32. The number of para-hydroxylation sites is 1. The van der Waals surface area contributed by atoms with Crippen LogP contribution in [-0.2, 0) is 4.79 Å². The van der Waals surface area contributed by atoms with Crippen LogP contribution in [0.5, 0.6) is 11.5 Å². The van der Waals surface area contributed by atoms with Crippen molar-refractivity contribution in [2.24, 2.45) is 0 Å². The molecule has 0 spiro atoms. The first kappa shape index (κ1) is 20.3. The molecule has 0 radical (unpaired) electrons. The van der Waals surface area contributed by atoms with Gasteiger partial charge in [-0.2, -0.15) is 0 Å². The van der Waals surface area contributed by atoms with E-state index in [1.165, 1.54) is 4.70 Å². The molecule has 1 saturated heterocycles. The van der Waals surface area contributed by atoms with Crippen LogP contribution in [-0.4, -0.2) is 54.0 Å². The van der Waals surface area contributed by atoms with Gasteiger partial charge in [0.2, 0.25) is 5.91 Å². The van der Waals surface area contributed by atoms with Gasteiger partial charge in [0.05, 0.1) is 28.8 Å². The van der Waals surface area contributed by atoms with Crippen LogP contribution in [0.1, 0.15) is 42.4 Å². The van der Waals surface area contributed by atoms with Gasteiger partial charge >= 0.3 is 0 Å². The van der Waals surface area contributed by atoms with E-state index >= 15 is 0 Å². The molecule has 2 atom stereocenters. The normalized spacial score (nSPS) is 19.2. The lowest BCUT2D eigenvalue weighted by atomic mass is 10.0. The van der Waals surface area contributed by atoms with E-state index in [1.54, 1.807) is 11.3 Å². The summed E-state index contributed by atoms with van der Waals surface area (Å²) in [7, 11) is 2.00. The number of likely N-dealkylation sites (N-methyl/N-ethyl adjacent to an activating group) is 1. The molecule has 0 N–H and O–H groups in total. The molecule has 3 aromatic rings. The van der Waals surface area contributed by atoms with Gasteiger partial charge in [0.1, 0.15) is 18.2 Å². The van der Waals surface area contributed by atoms with Crippen molar-refractivity contribution in [3.8, 4) is 11.5 Å². The maximum absolute atomic E-state index is 13.2. The van der Waals surface area contributed by atoms with Crippen molar-refractivity contribution in [3.05, 3.63) is 53.0 Å². The van der Waals surface area contributed by atoms with Crippen LogP contribution in [0.3, 0.4) is 0 Å². The fraction of sp³-hybridized carbons (Fsp3) is 0.417. The lowest BCUT2D eigenvalue weighted by Crippen LogP contribution is -2.39. The lowest BCUT2D eigenvalue weighted by molar-refractivity contribution is -0.133.